The lowest BCUT2D eigenvalue weighted by Gasteiger charge is -2.22. The van der Waals surface area contributed by atoms with Crippen LogP contribution in [-0.4, -0.2) is 17.6 Å². The van der Waals surface area contributed by atoms with Crippen molar-refractivity contribution >= 4 is 12.4 Å². The van der Waals surface area contributed by atoms with E-state index in [0.29, 0.717) is 0 Å². The number of nitrogens with two attached hydrogens (primary N) is 1. The third-order valence-electron chi connectivity index (χ3n) is 2.62. The van der Waals surface area contributed by atoms with Gasteiger partial charge in [-0.25, -0.2) is 4.39 Å². The summed E-state index contributed by atoms with van der Waals surface area (Å²) in [5.41, 5.74) is 5.91. The van der Waals surface area contributed by atoms with E-state index in [1.165, 1.54) is 6.07 Å². The standard InChI is InChI=1S/C12H15F4NO2.ClH/c1-6(2)11(18)10(17)7-3-4-9(8(13)5-7)19-12(14,15)16;/h3-6,10-11,18H,17H2,1-2H3;1H/t10-,11+;/m0./s1. The van der Waals surface area contributed by atoms with E-state index in [1.807, 2.05) is 0 Å². The number of hydrogen-bond acceptors (Lipinski definition) is 3. The largest absolute Gasteiger partial charge is 0.573 e. The van der Waals surface area contributed by atoms with Gasteiger partial charge in [-0.05, 0) is 23.6 Å². The smallest absolute Gasteiger partial charge is 0.403 e. The maximum absolute atomic E-state index is 13.4. The quantitative estimate of drug-likeness (QED) is 0.839. The van der Waals surface area contributed by atoms with Gasteiger partial charge in [0.15, 0.2) is 11.6 Å². The molecule has 8 heteroatoms. The van der Waals surface area contributed by atoms with Gasteiger partial charge in [0, 0.05) is 0 Å². The number of aliphatic hydroxyl groups excluding tert-OH is 1. The van der Waals surface area contributed by atoms with E-state index in [-0.39, 0.29) is 23.9 Å². The summed E-state index contributed by atoms with van der Waals surface area (Å²) in [7, 11) is 0. The second kappa shape index (κ2) is 7.10. The van der Waals surface area contributed by atoms with E-state index in [1.54, 1.807) is 13.8 Å². The Morgan fingerprint density at radius 2 is 1.80 bits per heavy atom. The molecule has 3 nitrogen and oxygen atoms in total. The predicted octanol–water partition coefficient (Wildman–Crippen LogP) is 3.16. The average Bonchev–Trinajstić information content (AvgIpc) is 2.28. The van der Waals surface area contributed by atoms with Crippen molar-refractivity contribution in [1.29, 1.82) is 0 Å². The number of alkyl halides is 3. The molecule has 0 saturated carbocycles. The predicted molar refractivity (Wildman–Crippen MR) is 68.1 cm³/mol. The van der Waals surface area contributed by atoms with E-state index in [4.69, 9.17) is 5.73 Å². The van der Waals surface area contributed by atoms with Crippen LogP contribution in [-0.2, 0) is 0 Å². The molecule has 1 rings (SSSR count). The SMILES string of the molecule is CC(C)[C@@H](O)[C@@H](N)c1ccc(OC(F)(F)F)c(F)c1.Cl. The first kappa shape index (κ1) is 18.9. The van der Waals surface area contributed by atoms with Crippen LogP contribution in [0.5, 0.6) is 5.75 Å². The molecule has 0 aliphatic carbocycles. The van der Waals surface area contributed by atoms with E-state index < -0.39 is 30.1 Å². The Morgan fingerprint density at radius 3 is 2.20 bits per heavy atom. The molecular weight excluding hydrogens is 302 g/mol. The molecule has 0 unspecified atom stereocenters. The van der Waals surface area contributed by atoms with Gasteiger partial charge in [-0.2, -0.15) is 0 Å². The van der Waals surface area contributed by atoms with Crippen molar-refractivity contribution in [3.63, 3.8) is 0 Å². The zero-order valence-electron chi connectivity index (χ0n) is 10.8. The summed E-state index contributed by atoms with van der Waals surface area (Å²) in [5.74, 6) is -2.27. The number of rotatable bonds is 4. The summed E-state index contributed by atoms with van der Waals surface area (Å²) in [5, 5.41) is 9.74. The Balaban J connectivity index is 0.00000361. The molecule has 1 aromatic rings. The van der Waals surface area contributed by atoms with Crippen molar-refractivity contribution < 1.29 is 27.4 Å². The number of benzene rings is 1. The highest BCUT2D eigenvalue weighted by atomic mass is 35.5. The molecule has 1 aromatic carbocycles. The highest BCUT2D eigenvalue weighted by Crippen LogP contribution is 2.28. The molecule has 0 spiro atoms. The molecule has 0 amide bonds. The van der Waals surface area contributed by atoms with Crippen LogP contribution in [0.3, 0.4) is 0 Å². The fourth-order valence-electron chi connectivity index (χ4n) is 1.54. The van der Waals surface area contributed by atoms with Gasteiger partial charge < -0.3 is 15.6 Å². The maximum atomic E-state index is 13.4. The van der Waals surface area contributed by atoms with Gasteiger partial charge in [-0.1, -0.05) is 19.9 Å². The minimum atomic E-state index is -4.96. The lowest BCUT2D eigenvalue weighted by atomic mass is 9.94. The van der Waals surface area contributed by atoms with Crippen molar-refractivity contribution in [3.8, 4) is 5.75 Å². The highest BCUT2D eigenvalue weighted by Gasteiger charge is 2.32. The first-order chi connectivity index (χ1) is 8.61. The maximum Gasteiger partial charge on any atom is 0.573 e. The fraction of sp³-hybridized carbons (Fsp3) is 0.500. The molecule has 0 heterocycles. The van der Waals surface area contributed by atoms with Gasteiger partial charge in [-0.3, -0.25) is 0 Å². The van der Waals surface area contributed by atoms with Crippen LogP contribution in [0, 0.1) is 11.7 Å². The minimum absolute atomic E-state index is 0. The lowest BCUT2D eigenvalue weighted by Crippen LogP contribution is -2.30. The van der Waals surface area contributed by atoms with Gasteiger partial charge in [-0.15, -0.1) is 25.6 Å². The minimum Gasteiger partial charge on any atom is -0.403 e. The number of halogens is 5. The first-order valence-corrected chi connectivity index (χ1v) is 5.60. The molecule has 116 valence electrons. The van der Waals surface area contributed by atoms with Crippen LogP contribution in [0.2, 0.25) is 0 Å². The van der Waals surface area contributed by atoms with Gasteiger partial charge >= 0.3 is 6.36 Å². The lowest BCUT2D eigenvalue weighted by molar-refractivity contribution is -0.275. The van der Waals surface area contributed by atoms with E-state index in [0.717, 1.165) is 12.1 Å². The zero-order valence-corrected chi connectivity index (χ0v) is 11.6. The van der Waals surface area contributed by atoms with Crippen molar-refractivity contribution in [2.75, 3.05) is 0 Å². The van der Waals surface area contributed by atoms with E-state index in [9.17, 15) is 22.7 Å². The average molecular weight is 318 g/mol. The molecule has 3 N–H and O–H groups in total. The topological polar surface area (TPSA) is 55.5 Å². The van der Waals surface area contributed by atoms with Crippen LogP contribution in [0.1, 0.15) is 25.5 Å². The van der Waals surface area contributed by atoms with E-state index in [2.05, 4.69) is 4.74 Å². The Hall–Kier alpha value is -1.05. The summed E-state index contributed by atoms with van der Waals surface area (Å²) >= 11 is 0. The molecular formula is C12H16ClF4NO2. The van der Waals surface area contributed by atoms with Gasteiger partial charge in [0.1, 0.15) is 0 Å². The van der Waals surface area contributed by atoms with Crippen molar-refractivity contribution in [2.24, 2.45) is 11.7 Å². The Labute approximate surface area is 120 Å². The number of ether oxygens (including phenoxy) is 1. The van der Waals surface area contributed by atoms with Crippen molar-refractivity contribution in [2.45, 2.75) is 32.4 Å². The molecule has 0 bridgehead atoms. The Kier molecular flexibility index (Phi) is 6.73. The summed E-state index contributed by atoms with van der Waals surface area (Å²) < 4.78 is 52.8. The molecule has 0 saturated heterocycles. The number of hydrogen-bond donors (Lipinski definition) is 2. The third-order valence-corrected chi connectivity index (χ3v) is 2.62. The molecule has 0 radical (unpaired) electrons. The summed E-state index contributed by atoms with van der Waals surface area (Å²) in [6.45, 7) is 3.45. The molecule has 0 aliphatic rings. The second-order valence-electron chi connectivity index (χ2n) is 4.50. The van der Waals surface area contributed by atoms with Gasteiger partial charge in [0.25, 0.3) is 0 Å². The van der Waals surface area contributed by atoms with Crippen molar-refractivity contribution in [1.82, 2.24) is 0 Å². The van der Waals surface area contributed by atoms with Crippen LogP contribution in [0.25, 0.3) is 0 Å². The molecule has 2 atom stereocenters. The molecule has 20 heavy (non-hydrogen) atoms. The molecule has 0 fully saturated rings. The van der Waals surface area contributed by atoms with Crippen LogP contribution >= 0.6 is 12.4 Å². The van der Waals surface area contributed by atoms with Crippen LogP contribution in [0.15, 0.2) is 18.2 Å². The summed E-state index contributed by atoms with van der Waals surface area (Å²) in [6, 6.07) is 1.98. The number of aliphatic hydroxyl groups is 1. The van der Waals surface area contributed by atoms with Crippen LogP contribution < -0.4 is 10.5 Å². The van der Waals surface area contributed by atoms with E-state index >= 15 is 0 Å². The van der Waals surface area contributed by atoms with Crippen molar-refractivity contribution in [3.05, 3.63) is 29.6 Å². The zero-order chi connectivity index (χ0) is 14.8. The van der Waals surface area contributed by atoms with Gasteiger partial charge in [0.05, 0.1) is 12.1 Å². The summed E-state index contributed by atoms with van der Waals surface area (Å²) in [4.78, 5) is 0. The van der Waals surface area contributed by atoms with Gasteiger partial charge in [0.2, 0.25) is 0 Å². The third kappa shape index (κ3) is 5.15. The Bertz CT molecular complexity index is 440. The normalized spacial score (nSPS) is 14.7. The molecule has 0 aromatic heterocycles. The Morgan fingerprint density at radius 1 is 1.25 bits per heavy atom. The fourth-order valence-corrected chi connectivity index (χ4v) is 1.54. The monoisotopic (exact) mass is 317 g/mol. The molecule has 0 aliphatic heterocycles. The summed E-state index contributed by atoms with van der Waals surface area (Å²) in [6.07, 6.45) is -5.88. The van der Waals surface area contributed by atoms with Crippen LogP contribution in [0.4, 0.5) is 17.6 Å². The highest BCUT2D eigenvalue weighted by molar-refractivity contribution is 5.85. The first-order valence-electron chi connectivity index (χ1n) is 5.60. The second-order valence-corrected chi connectivity index (χ2v) is 4.50.